The molecule has 7 nitrogen and oxygen atoms in total. The minimum atomic E-state index is -0.261. The topological polar surface area (TPSA) is 70.2 Å². The van der Waals surface area contributed by atoms with E-state index in [2.05, 4.69) is 17.0 Å². The summed E-state index contributed by atoms with van der Waals surface area (Å²) in [5.41, 5.74) is 1.25. The van der Waals surface area contributed by atoms with Crippen LogP contribution in [0.3, 0.4) is 0 Å². The lowest BCUT2D eigenvalue weighted by Crippen LogP contribution is -2.49. The minimum Gasteiger partial charge on any atom is -0.466 e. The van der Waals surface area contributed by atoms with Crippen molar-refractivity contribution >= 4 is 17.8 Å². The Morgan fingerprint density at radius 1 is 1.03 bits per heavy atom. The third-order valence-corrected chi connectivity index (χ3v) is 6.25. The number of carbonyl (C=O) groups is 3. The number of likely N-dealkylation sites (tertiary alicyclic amines) is 2. The molecule has 2 aliphatic rings. The Morgan fingerprint density at radius 2 is 1.74 bits per heavy atom. The molecule has 2 heterocycles. The molecule has 0 spiro atoms. The first-order chi connectivity index (χ1) is 15.0. The van der Waals surface area contributed by atoms with E-state index in [0.29, 0.717) is 19.7 Å². The maximum atomic E-state index is 13.0. The smallest absolute Gasteiger partial charge is 0.310 e. The van der Waals surface area contributed by atoms with Crippen LogP contribution in [0.4, 0.5) is 0 Å². The molecule has 0 N–H and O–H groups in total. The van der Waals surface area contributed by atoms with Crippen LogP contribution in [0.25, 0.3) is 0 Å². The maximum absolute atomic E-state index is 13.0. The van der Waals surface area contributed by atoms with Gasteiger partial charge in [0.2, 0.25) is 11.8 Å². The maximum Gasteiger partial charge on any atom is 0.310 e. The first-order valence-electron chi connectivity index (χ1n) is 11.4. The molecule has 2 saturated heterocycles. The normalized spacial score (nSPS) is 22.1. The summed E-state index contributed by atoms with van der Waals surface area (Å²) >= 11 is 0. The van der Waals surface area contributed by atoms with E-state index in [4.69, 9.17) is 4.74 Å². The highest BCUT2D eigenvalue weighted by molar-refractivity contribution is 5.86. The van der Waals surface area contributed by atoms with Crippen molar-refractivity contribution in [3.05, 3.63) is 35.9 Å². The fourth-order valence-electron chi connectivity index (χ4n) is 4.59. The van der Waals surface area contributed by atoms with Crippen molar-refractivity contribution in [2.24, 2.45) is 11.8 Å². The summed E-state index contributed by atoms with van der Waals surface area (Å²) in [5.74, 6) is -0.635. The van der Waals surface area contributed by atoms with E-state index in [-0.39, 0.29) is 36.2 Å². The first-order valence-corrected chi connectivity index (χ1v) is 11.4. The zero-order valence-corrected chi connectivity index (χ0v) is 18.8. The number of carbonyl (C=O) groups excluding carboxylic acids is 3. The van der Waals surface area contributed by atoms with E-state index in [1.54, 1.807) is 23.8 Å². The molecule has 2 aliphatic heterocycles. The van der Waals surface area contributed by atoms with Crippen molar-refractivity contribution in [1.82, 2.24) is 14.7 Å². The van der Waals surface area contributed by atoms with Gasteiger partial charge in [-0.15, -0.1) is 0 Å². The Balaban J connectivity index is 1.50. The highest BCUT2D eigenvalue weighted by Gasteiger charge is 2.32. The fraction of sp³-hybridized carbons (Fsp3) is 0.625. The Labute approximate surface area is 185 Å². The molecule has 0 bridgehead atoms. The lowest BCUT2D eigenvalue weighted by molar-refractivity contribution is -0.152. The molecule has 0 aliphatic carbocycles. The van der Waals surface area contributed by atoms with Gasteiger partial charge < -0.3 is 14.5 Å². The molecule has 170 valence electrons. The zero-order valence-electron chi connectivity index (χ0n) is 18.8. The molecule has 2 fully saturated rings. The van der Waals surface area contributed by atoms with Crippen LogP contribution in [0.2, 0.25) is 0 Å². The summed E-state index contributed by atoms with van der Waals surface area (Å²) in [6, 6.07) is 10.3. The quantitative estimate of drug-likeness (QED) is 0.622. The molecule has 1 aromatic rings. The molecule has 1 aromatic carbocycles. The van der Waals surface area contributed by atoms with Gasteiger partial charge in [0, 0.05) is 33.2 Å². The monoisotopic (exact) mass is 429 g/mol. The van der Waals surface area contributed by atoms with Crippen LogP contribution in [0.5, 0.6) is 0 Å². The van der Waals surface area contributed by atoms with Crippen LogP contribution in [0.15, 0.2) is 30.3 Å². The summed E-state index contributed by atoms with van der Waals surface area (Å²) in [6.07, 6.45) is 3.37. The number of ether oxygens (including phenoxy) is 1. The Bertz CT molecular complexity index is 754. The fourth-order valence-corrected chi connectivity index (χ4v) is 4.59. The second-order valence-corrected chi connectivity index (χ2v) is 8.69. The van der Waals surface area contributed by atoms with Crippen LogP contribution < -0.4 is 0 Å². The van der Waals surface area contributed by atoms with Gasteiger partial charge in [-0.05, 0) is 44.7 Å². The van der Waals surface area contributed by atoms with Crippen molar-refractivity contribution < 1.29 is 19.1 Å². The largest absolute Gasteiger partial charge is 0.466 e. The van der Waals surface area contributed by atoms with E-state index in [1.807, 2.05) is 18.2 Å². The van der Waals surface area contributed by atoms with Gasteiger partial charge in [0.15, 0.2) is 0 Å². The van der Waals surface area contributed by atoms with Crippen LogP contribution in [0.1, 0.15) is 38.2 Å². The van der Waals surface area contributed by atoms with Crippen LogP contribution in [-0.2, 0) is 25.7 Å². The first kappa shape index (κ1) is 23.3. The van der Waals surface area contributed by atoms with Gasteiger partial charge in [-0.2, -0.15) is 0 Å². The lowest BCUT2D eigenvalue weighted by atomic mass is 9.96. The molecule has 0 radical (unpaired) electrons. The molecule has 2 amide bonds. The summed E-state index contributed by atoms with van der Waals surface area (Å²) in [7, 11) is 1.71. The number of hydrogen-bond acceptors (Lipinski definition) is 5. The number of benzene rings is 1. The molecular weight excluding hydrogens is 394 g/mol. The van der Waals surface area contributed by atoms with E-state index < -0.39 is 0 Å². The van der Waals surface area contributed by atoms with E-state index in [0.717, 1.165) is 45.3 Å². The average Bonchev–Trinajstić information content (AvgIpc) is 2.79. The van der Waals surface area contributed by atoms with E-state index in [1.165, 1.54) is 5.56 Å². The number of esters is 1. The predicted molar refractivity (Wildman–Crippen MR) is 118 cm³/mol. The van der Waals surface area contributed by atoms with Crippen molar-refractivity contribution in [1.29, 1.82) is 0 Å². The van der Waals surface area contributed by atoms with Crippen molar-refractivity contribution in [3.8, 4) is 0 Å². The number of rotatable bonds is 7. The standard InChI is InChI=1S/C24H35N3O4/c1-3-31-24(30)21-12-8-14-27(17-21)22(28)18-25(2)23(29)20-11-7-13-26(16-20)15-19-9-5-4-6-10-19/h4-6,9-10,20-21H,3,7-8,11-18H2,1-2H3. The van der Waals surface area contributed by atoms with E-state index in [9.17, 15) is 14.4 Å². The predicted octanol–water partition coefficient (Wildman–Crippen LogP) is 2.16. The third-order valence-electron chi connectivity index (χ3n) is 6.25. The molecule has 0 aromatic heterocycles. The lowest BCUT2D eigenvalue weighted by Gasteiger charge is -2.35. The zero-order chi connectivity index (χ0) is 22.2. The van der Waals surface area contributed by atoms with Gasteiger partial charge in [0.25, 0.3) is 0 Å². The molecule has 2 atom stereocenters. The highest BCUT2D eigenvalue weighted by Crippen LogP contribution is 2.21. The van der Waals surface area contributed by atoms with Crippen molar-refractivity contribution in [2.45, 2.75) is 39.2 Å². The molecule has 3 rings (SSSR count). The second kappa shape index (κ2) is 11.3. The number of hydrogen-bond donors (Lipinski definition) is 0. The minimum absolute atomic E-state index is 0.0325. The Morgan fingerprint density at radius 3 is 2.48 bits per heavy atom. The summed E-state index contributed by atoms with van der Waals surface area (Å²) in [5, 5.41) is 0. The molecule has 0 saturated carbocycles. The Kier molecular flexibility index (Phi) is 8.46. The van der Waals surface area contributed by atoms with Crippen LogP contribution >= 0.6 is 0 Å². The van der Waals surface area contributed by atoms with Gasteiger partial charge in [0.05, 0.1) is 25.0 Å². The van der Waals surface area contributed by atoms with Crippen LogP contribution in [0, 0.1) is 11.8 Å². The SMILES string of the molecule is CCOC(=O)C1CCCN(C(=O)CN(C)C(=O)C2CCCN(Cc3ccccc3)C2)C1. The number of piperidine rings is 2. The number of amides is 2. The van der Waals surface area contributed by atoms with E-state index >= 15 is 0 Å². The Hall–Kier alpha value is -2.41. The third kappa shape index (κ3) is 6.53. The molecule has 7 heteroatoms. The van der Waals surface area contributed by atoms with Crippen LogP contribution in [-0.4, -0.2) is 78.9 Å². The number of likely N-dealkylation sites (N-methyl/N-ethyl adjacent to an activating group) is 1. The van der Waals surface area contributed by atoms with Crippen molar-refractivity contribution in [2.75, 3.05) is 46.4 Å². The van der Waals surface area contributed by atoms with Gasteiger partial charge in [-0.3, -0.25) is 19.3 Å². The van der Waals surface area contributed by atoms with Gasteiger partial charge >= 0.3 is 5.97 Å². The van der Waals surface area contributed by atoms with Gasteiger partial charge in [0.1, 0.15) is 0 Å². The summed E-state index contributed by atoms with van der Waals surface area (Å²) < 4.78 is 5.11. The highest BCUT2D eigenvalue weighted by atomic mass is 16.5. The van der Waals surface area contributed by atoms with Crippen molar-refractivity contribution in [3.63, 3.8) is 0 Å². The molecule has 2 unspecified atom stereocenters. The van der Waals surface area contributed by atoms with Gasteiger partial charge in [-0.25, -0.2) is 0 Å². The second-order valence-electron chi connectivity index (χ2n) is 8.69. The average molecular weight is 430 g/mol. The molecular formula is C24H35N3O4. The van der Waals surface area contributed by atoms with Gasteiger partial charge in [-0.1, -0.05) is 30.3 Å². The summed E-state index contributed by atoms with van der Waals surface area (Å²) in [4.78, 5) is 43.5. The molecule has 31 heavy (non-hydrogen) atoms. The summed E-state index contributed by atoms with van der Waals surface area (Å²) in [6.45, 7) is 5.77. The number of nitrogens with zero attached hydrogens (tertiary/aromatic N) is 3.